The van der Waals surface area contributed by atoms with Crippen LogP contribution in [0.25, 0.3) is 16.8 Å². The second kappa shape index (κ2) is 9.40. The minimum Gasteiger partial charge on any atom is -0.338 e. The average molecular weight is 442 g/mol. The van der Waals surface area contributed by atoms with Crippen LogP contribution in [-0.2, 0) is 4.79 Å². The number of amides is 2. The van der Waals surface area contributed by atoms with E-state index < -0.39 is 0 Å². The van der Waals surface area contributed by atoms with E-state index in [2.05, 4.69) is 33.4 Å². The Hall–Kier alpha value is -3.74. The summed E-state index contributed by atoms with van der Waals surface area (Å²) < 4.78 is 0. The highest BCUT2D eigenvalue weighted by Crippen LogP contribution is 2.26. The minimum atomic E-state index is -0.157. The first-order valence-corrected chi connectivity index (χ1v) is 11.5. The molecule has 7 nitrogen and oxygen atoms in total. The summed E-state index contributed by atoms with van der Waals surface area (Å²) in [7, 11) is 0. The lowest BCUT2D eigenvalue weighted by atomic mass is 9.94. The Morgan fingerprint density at radius 3 is 2.61 bits per heavy atom. The van der Waals surface area contributed by atoms with E-state index in [9.17, 15) is 9.59 Å². The summed E-state index contributed by atoms with van der Waals surface area (Å²) in [5.41, 5.74) is 4.50. The largest absolute Gasteiger partial charge is 0.338 e. The van der Waals surface area contributed by atoms with E-state index in [1.807, 2.05) is 35.2 Å². The van der Waals surface area contributed by atoms with Crippen LogP contribution in [-0.4, -0.2) is 63.0 Å². The number of hydrogen-bond acceptors (Lipinski definition) is 4. The lowest BCUT2D eigenvalue weighted by Crippen LogP contribution is -2.47. The Morgan fingerprint density at radius 2 is 1.85 bits per heavy atom. The number of benzene rings is 1. The highest BCUT2D eigenvalue weighted by atomic mass is 16.2. The first-order chi connectivity index (χ1) is 16.2. The van der Waals surface area contributed by atoms with Crippen LogP contribution in [0.2, 0.25) is 0 Å². The van der Waals surface area contributed by atoms with Gasteiger partial charge in [0, 0.05) is 44.1 Å². The predicted molar refractivity (Wildman–Crippen MR) is 126 cm³/mol. The van der Waals surface area contributed by atoms with Gasteiger partial charge >= 0.3 is 0 Å². The van der Waals surface area contributed by atoms with Crippen molar-refractivity contribution in [1.29, 1.82) is 0 Å². The van der Waals surface area contributed by atoms with E-state index in [0.717, 1.165) is 31.4 Å². The van der Waals surface area contributed by atoms with Crippen LogP contribution in [0.4, 0.5) is 0 Å². The van der Waals surface area contributed by atoms with Crippen molar-refractivity contribution in [2.45, 2.75) is 19.3 Å². The zero-order chi connectivity index (χ0) is 22.6. The molecule has 2 amide bonds. The molecular formula is C26H27N5O2. The highest BCUT2D eigenvalue weighted by molar-refractivity contribution is 5.94. The van der Waals surface area contributed by atoms with E-state index in [-0.39, 0.29) is 17.7 Å². The Morgan fingerprint density at radius 1 is 1.00 bits per heavy atom. The van der Waals surface area contributed by atoms with Crippen molar-refractivity contribution >= 4 is 17.4 Å². The van der Waals surface area contributed by atoms with Crippen molar-refractivity contribution < 1.29 is 9.59 Å². The maximum atomic E-state index is 13.2. The monoisotopic (exact) mass is 441 g/mol. The van der Waals surface area contributed by atoms with E-state index in [4.69, 9.17) is 0 Å². The molecule has 1 atom stereocenters. The molecule has 2 aromatic heterocycles. The molecule has 2 aliphatic rings. The Balaban J connectivity index is 1.22. The average Bonchev–Trinajstić information content (AvgIpc) is 3.39. The SMILES string of the molecule is O=C(c1cc(-c2cccnc2)n[nH]1)N1CCCC(C(=O)N2CC=C(c3ccccc3)CC2)C1. The van der Waals surface area contributed by atoms with E-state index in [1.165, 1.54) is 11.1 Å². The number of pyridine rings is 1. The number of nitrogens with zero attached hydrogens (tertiary/aromatic N) is 4. The van der Waals surface area contributed by atoms with Gasteiger partial charge in [-0.3, -0.25) is 19.7 Å². The first-order valence-electron chi connectivity index (χ1n) is 11.5. The van der Waals surface area contributed by atoms with Gasteiger partial charge < -0.3 is 9.80 Å². The molecule has 1 saturated heterocycles. The molecule has 4 heterocycles. The molecule has 1 aromatic carbocycles. The summed E-state index contributed by atoms with van der Waals surface area (Å²) >= 11 is 0. The fourth-order valence-electron chi connectivity index (χ4n) is 4.67. The lowest BCUT2D eigenvalue weighted by Gasteiger charge is -2.35. The van der Waals surface area contributed by atoms with Crippen molar-refractivity contribution in [1.82, 2.24) is 25.0 Å². The van der Waals surface area contributed by atoms with Gasteiger partial charge in [-0.05, 0) is 48.6 Å². The third-order valence-corrected chi connectivity index (χ3v) is 6.49. The molecule has 0 spiro atoms. The zero-order valence-electron chi connectivity index (χ0n) is 18.5. The van der Waals surface area contributed by atoms with Gasteiger partial charge in [0.05, 0.1) is 11.6 Å². The third-order valence-electron chi connectivity index (χ3n) is 6.49. The number of likely N-dealkylation sites (tertiary alicyclic amines) is 1. The molecule has 5 rings (SSSR count). The molecule has 0 bridgehead atoms. The molecule has 0 saturated carbocycles. The minimum absolute atomic E-state index is 0.111. The number of carbonyl (C=O) groups excluding carboxylic acids is 2. The lowest BCUT2D eigenvalue weighted by molar-refractivity contribution is -0.136. The van der Waals surface area contributed by atoms with Gasteiger partial charge in [0.15, 0.2) is 0 Å². The van der Waals surface area contributed by atoms with Crippen LogP contribution in [0.3, 0.4) is 0 Å². The molecule has 1 unspecified atom stereocenters. The first kappa shape index (κ1) is 21.1. The van der Waals surface area contributed by atoms with Crippen LogP contribution in [0.1, 0.15) is 35.3 Å². The molecule has 0 radical (unpaired) electrons. The van der Waals surface area contributed by atoms with Crippen LogP contribution in [0.15, 0.2) is 67.0 Å². The van der Waals surface area contributed by atoms with Crippen LogP contribution in [0.5, 0.6) is 0 Å². The van der Waals surface area contributed by atoms with E-state index in [0.29, 0.717) is 31.0 Å². The van der Waals surface area contributed by atoms with Crippen molar-refractivity contribution in [3.8, 4) is 11.3 Å². The van der Waals surface area contributed by atoms with Gasteiger partial charge in [-0.15, -0.1) is 0 Å². The van der Waals surface area contributed by atoms with Crippen LogP contribution < -0.4 is 0 Å². The smallest absolute Gasteiger partial charge is 0.271 e. The fraction of sp³-hybridized carbons (Fsp3) is 0.308. The highest BCUT2D eigenvalue weighted by Gasteiger charge is 2.32. The molecule has 1 N–H and O–H groups in total. The summed E-state index contributed by atoms with van der Waals surface area (Å²) in [6, 6.07) is 15.8. The molecular weight excluding hydrogens is 414 g/mol. The Labute approximate surface area is 193 Å². The molecule has 2 aliphatic heterocycles. The molecule has 3 aromatic rings. The maximum absolute atomic E-state index is 13.2. The Kier molecular flexibility index (Phi) is 6.02. The maximum Gasteiger partial charge on any atom is 0.271 e. The molecule has 33 heavy (non-hydrogen) atoms. The second-order valence-corrected chi connectivity index (χ2v) is 8.63. The quantitative estimate of drug-likeness (QED) is 0.670. The number of piperidine rings is 1. The van der Waals surface area contributed by atoms with Gasteiger partial charge in [0.1, 0.15) is 5.69 Å². The molecule has 7 heteroatoms. The predicted octanol–water partition coefficient (Wildman–Crippen LogP) is 3.64. The van der Waals surface area contributed by atoms with Gasteiger partial charge in [0.25, 0.3) is 5.91 Å². The number of H-pyrrole nitrogens is 1. The summed E-state index contributed by atoms with van der Waals surface area (Å²) in [5, 5.41) is 7.12. The summed E-state index contributed by atoms with van der Waals surface area (Å²) in [6.07, 6.45) is 8.08. The number of carbonyl (C=O) groups is 2. The molecule has 0 aliphatic carbocycles. The summed E-state index contributed by atoms with van der Waals surface area (Å²) in [6.45, 7) is 2.45. The van der Waals surface area contributed by atoms with Crippen LogP contribution in [0, 0.1) is 5.92 Å². The van der Waals surface area contributed by atoms with Gasteiger partial charge in [-0.2, -0.15) is 5.10 Å². The third kappa shape index (κ3) is 4.58. The number of aromatic amines is 1. The second-order valence-electron chi connectivity index (χ2n) is 8.63. The van der Waals surface area contributed by atoms with Gasteiger partial charge in [-0.25, -0.2) is 0 Å². The summed E-state index contributed by atoms with van der Waals surface area (Å²) in [4.78, 5) is 34.1. The number of nitrogens with one attached hydrogen (secondary N) is 1. The van der Waals surface area contributed by atoms with E-state index in [1.54, 1.807) is 23.4 Å². The molecule has 1 fully saturated rings. The van der Waals surface area contributed by atoms with Crippen LogP contribution >= 0.6 is 0 Å². The van der Waals surface area contributed by atoms with Crippen molar-refractivity contribution in [2.24, 2.45) is 5.92 Å². The van der Waals surface area contributed by atoms with Gasteiger partial charge in [0.2, 0.25) is 5.91 Å². The number of aromatic nitrogens is 3. The topological polar surface area (TPSA) is 82.2 Å². The number of rotatable bonds is 4. The van der Waals surface area contributed by atoms with Crippen molar-refractivity contribution in [2.75, 3.05) is 26.2 Å². The standard InChI is InChI=1S/C26H27N5O2/c32-25(30-14-10-20(11-15-30)19-6-2-1-3-7-19)22-9-5-13-31(18-22)26(33)24-16-23(28-29-24)21-8-4-12-27-17-21/h1-4,6-8,10,12,16-17,22H,5,9,11,13-15,18H2,(H,28,29). The zero-order valence-corrected chi connectivity index (χ0v) is 18.5. The molecule has 168 valence electrons. The Bertz CT molecular complexity index is 1160. The number of hydrogen-bond donors (Lipinski definition) is 1. The normalized spacial score (nSPS) is 18.7. The van der Waals surface area contributed by atoms with E-state index >= 15 is 0 Å². The van der Waals surface area contributed by atoms with Gasteiger partial charge in [-0.1, -0.05) is 36.4 Å². The fourth-order valence-corrected chi connectivity index (χ4v) is 4.67. The van der Waals surface area contributed by atoms with Crippen molar-refractivity contribution in [3.63, 3.8) is 0 Å². The summed E-state index contributed by atoms with van der Waals surface area (Å²) in [5.74, 6) is -0.119. The van der Waals surface area contributed by atoms with Crippen molar-refractivity contribution in [3.05, 3.63) is 78.3 Å².